The van der Waals surface area contributed by atoms with Crippen LogP contribution in [-0.2, 0) is 12.3 Å². The molecule has 3 rings (SSSR count). The molecule has 2 aromatic heterocycles. The molecular weight excluding hydrogens is 292 g/mol. The maximum atomic E-state index is 13.7. The fourth-order valence-electron chi connectivity index (χ4n) is 2.05. The van der Waals surface area contributed by atoms with E-state index in [0.717, 1.165) is 0 Å². The Hall–Kier alpha value is -1.30. The highest BCUT2D eigenvalue weighted by Crippen LogP contribution is 2.42. The summed E-state index contributed by atoms with van der Waals surface area (Å²) in [7, 11) is 0. The smallest absolute Gasteiger partial charge is 0.222 e. The first-order valence-electron chi connectivity index (χ1n) is 5.16. The Morgan fingerprint density at radius 1 is 1.35 bits per heavy atom. The Bertz CT molecular complexity index is 580. The van der Waals surface area contributed by atoms with Gasteiger partial charge >= 0.3 is 0 Å². The van der Waals surface area contributed by atoms with Gasteiger partial charge in [0.1, 0.15) is 10.3 Å². The van der Waals surface area contributed by atoms with E-state index in [-0.39, 0.29) is 12.1 Å². The third-order valence-corrected chi connectivity index (χ3v) is 3.26. The number of alkyl halides is 2. The molecule has 0 amide bonds. The zero-order chi connectivity index (χ0) is 12.0. The Morgan fingerprint density at radius 3 is 2.94 bits per heavy atom. The van der Waals surface area contributed by atoms with Crippen LogP contribution in [0.3, 0.4) is 0 Å². The molecule has 0 fully saturated rings. The van der Waals surface area contributed by atoms with E-state index in [2.05, 4.69) is 26.0 Å². The van der Waals surface area contributed by atoms with Gasteiger partial charge in [-0.3, -0.25) is 0 Å². The van der Waals surface area contributed by atoms with Gasteiger partial charge in [-0.15, -0.1) is 0 Å². The highest BCUT2D eigenvalue weighted by molar-refractivity contribution is 9.10. The lowest BCUT2D eigenvalue weighted by Crippen LogP contribution is -2.16. The number of rotatable bonds is 1. The average molecular weight is 300 g/mol. The summed E-state index contributed by atoms with van der Waals surface area (Å²) in [5.41, 5.74) is 0.583. The van der Waals surface area contributed by atoms with Crippen LogP contribution >= 0.6 is 15.9 Å². The molecule has 17 heavy (non-hydrogen) atoms. The Balaban J connectivity index is 2.18. The van der Waals surface area contributed by atoms with Gasteiger partial charge in [0.2, 0.25) is 0 Å². The molecule has 6 heteroatoms. The van der Waals surface area contributed by atoms with Crippen molar-refractivity contribution < 1.29 is 8.78 Å². The quantitative estimate of drug-likeness (QED) is 0.758. The van der Waals surface area contributed by atoms with Crippen molar-refractivity contribution in [2.75, 3.05) is 0 Å². The molecule has 3 nitrogen and oxygen atoms in total. The summed E-state index contributed by atoms with van der Waals surface area (Å²) in [4.78, 5) is 4.14. The molecule has 2 aromatic rings. The largest absolute Gasteiger partial charge is 0.290 e. The number of hydrogen-bond donors (Lipinski definition) is 0. The summed E-state index contributed by atoms with van der Waals surface area (Å²) in [6, 6.07) is 5.14. The van der Waals surface area contributed by atoms with Crippen molar-refractivity contribution in [3.05, 3.63) is 40.3 Å². The van der Waals surface area contributed by atoms with Crippen molar-refractivity contribution in [3.63, 3.8) is 0 Å². The van der Waals surface area contributed by atoms with Crippen LogP contribution in [0.15, 0.2) is 29.0 Å². The topological polar surface area (TPSA) is 30.7 Å². The van der Waals surface area contributed by atoms with Gasteiger partial charge in [0, 0.05) is 12.0 Å². The molecule has 0 aliphatic heterocycles. The van der Waals surface area contributed by atoms with Crippen LogP contribution in [-0.4, -0.2) is 14.8 Å². The average Bonchev–Trinajstić information content (AvgIpc) is 2.81. The number of hydrogen-bond acceptors (Lipinski definition) is 2. The zero-order valence-electron chi connectivity index (χ0n) is 8.70. The summed E-state index contributed by atoms with van der Waals surface area (Å²) >= 11 is 3.22. The van der Waals surface area contributed by atoms with Gasteiger partial charge in [-0.05, 0) is 34.5 Å². The molecule has 1 aliphatic rings. The summed E-state index contributed by atoms with van der Waals surface area (Å²) < 4.78 is 29.3. The van der Waals surface area contributed by atoms with Gasteiger partial charge in [0.25, 0.3) is 5.92 Å². The maximum absolute atomic E-state index is 13.7. The van der Waals surface area contributed by atoms with E-state index in [0.29, 0.717) is 22.4 Å². The molecule has 0 aromatic carbocycles. The summed E-state index contributed by atoms with van der Waals surface area (Å²) in [5, 5.41) is 4.00. The monoisotopic (exact) mass is 299 g/mol. The Morgan fingerprint density at radius 2 is 2.18 bits per heavy atom. The van der Waals surface area contributed by atoms with Gasteiger partial charge in [-0.25, -0.2) is 9.67 Å². The standard InChI is InChI=1S/C11H8BrF2N3/c12-8-2-1-3-9(16-8)17-10-7(6-15-17)4-5-11(10,13)14/h1-3,6H,4-5H2. The molecule has 0 atom stereocenters. The lowest BCUT2D eigenvalue weighted by molar-refractivity contribution is -0.00875. The van der Waals surface area contributed by atoms with Crippen molar-refractivity contribution in [2.45, 2.75) is 18.8 Å². The number of halogens is 3. The molecule has 0 unspecified atom stereocenters. The molecule has 0 saturated heterocycles. The lowest BCUT2D eigenvalue weighted by atomic mass is 10.3. The number of fused-ring (bicyclic) bond motifs is 1. The molecular formula is C11H8BrF2N3. The van der Waals surface area contributed by atoms with Crippen LogP contribution in [0.1, 0.15) is 17.7 Å². The molecule has 0 spiro atoms. The highest BCUT2D eigenvalue weighted by atomic mass is 79.9. The minimum absolute atomic E-state index is 0.0249. The third-order valence-electron chi connectivity index (χ3n) is 2.82. The van der Waals surface area contributed by atoms with Crippen LogP contribution in [0.25, 0.3) is 5.82 Å². The van der Waals surface area contributed by atoms with E-state index in [4.69, 9.17) is 0 Å². The van der Waals surface area contributed by atoms with Gasteiger partial charge in [-0.2, -0.15) is 13.9 Å². The summed E-state index contributed by atoms with van der Waals surface area (Å²) in [6.45, 7) is 0. The van der Waals surface area contributed by atoms with E-state index < -0.39 is 5.92 Å². The van der Waals surface area contributed by atoms with E-state index in [1.807, 2.05) is 0 Å². The fraction of sp³-hybridized carbons (Fsp3) is 0.273. The molecule has 0 saturated carbocycles. The van der Waals surface area contributed by atoms with Crippen LogP contribution < -0.4 is 0 Å². The van der Waals surface area contributed by atoms with Crippen LogP contribution in [0.4, 0.5) is 8.78 Å². The fourth-order valence-corrected chi connectivity index (χ4v) is 2.39. The second kappa shape index (κ2) is 3.60. The predicted octanol–water partition coefficient (Wildman–Crippen LogP) is 3.07. The molecule has 0 N–H and O–H groups in total. The first kappa shape index (κ1) is 10.8. The second-order valence-corrected chi connectivity index (χ2v) is 4.77. The van der Waals surface area contributed by atoms with Crippen molar-refractivity contribution in [3.8, 4) is 5.82 Å². The molecule has 2 heterocycles. The first-order chi connectivity index (χ1) is 8.08. The summed E-state index contributed by atoms with van der Waals surface area (Å²) in [5.74, 6) is -2.40. The van der Waals surface area contributed by atoms with Crippen LogP contribution in [0.5, 0.6) is 0 Å². The first-order valence-corrected chi connectivity index (χ1v) is 5.95. The number of aryl methyl sites for hydroxylation is 1. The molecule has 0 bridgehead atoms. The van der Waals surface area contributed by atoms with Crippen molar-refractivity contribution in [2.24, 2.45) is 0 Å². The molecule has 88 valence electrons. The van der Waals surface area contributed by atoms with Crippen LogP contribution in [0.2, 0.25) is 0 Å². The summed E-state index contributed by atoms with van der Waals surface area (Å²) in [6.07, 6.45) is 1.73. The predicted molar refractivity (Wildman–Crippen MR) is 61.3 cm³/mol. The number of aromatic nitrogens is 3. The Kier molecular flexibility index (Phi) is 2.29. The molecule has 1 aliphatic carbocycles. The number of pyridine rings is 1. The minimum Gasteiger partial charge on any atom is -0.222 e. The second-order valence-electron chi connectivity index (χ2n) is 3.95. The van der Waals surface area contributed by atoms with Crippen molar-refractivity contribution in [1.29, 1.82) is 0 Å². The SMILES string of the molecule is FC1(F)CCc2cnn(-c3cccc(Br)n3)c21. The highest BCUT2D eigenvalue weighted by Gasteiger charge is 2.43. The van der Waals surface area contributed by atoms with Gasteiger partial charge in [0.15, 0.2) is 5.82 Å². The van der Waals surface area contributed by atoms with E-state index in [1.165, 1.54) is 10.9 Å². The van der Waals surface area contributed by atoms with Gasteiger partial charge in [0.05, 0.1) is 6.20 Å². The van der Waals surface area contributed by atoms with Crippen LogP contribution in [0, 0.1) is 0 Å². The maximum Gasteiger partial charge on any atom is 0.290 e. The number of nitrogens with zero attached hydrogens (tertiary/aromatic N) is 3. The minimum atomic E-state index is -2.81. The van der Waals surface area contributed by atoms with Gasteiger partial charge in [-0.1, -0.05) is 6.07 Å². The normalized spacial score (nSPS) is 17.1. The Labute approximate surface area is 105 Å². The zero-order valence-corrected chi connectivity index (χ0v) is 10.3. The van der Waals surface area contributed by atoms with E-state index in [9.17, 15) is 8.78 Å². The van der Waals surface area contributed by atoms with Gasteiger partial charge < -0.3 is 0 Å². The van der Waals surface area contributed by atoms with Crippen molar-refractivity contribution >= 4 is 15.9 Å². The van der Waals surface area contributed by atoms with Crippen molar-refractivity contribution in [1.82, 2.24) is 14.8 Å². The third kappa shape index (κ3) is 1.67. The lowest BCUT2D eigenvalue weighted by Gasteiger charge is -2.12. The molecule has 0 radical (unpaired) electrons. The van der Waals surface area contributed by atoms with E-state index >= 15 is 0 Å². The van der Waals surface area contributed by atoms with E-state index in [1.54, 1.807) is 18.2 Å².